The molecule has 1 aliphatic rings. The lowest BCUT2D eigenvalue weighted by atomic mass is 10.0. The number of aryl methyl sites for hydroxylation is 2. The van der Waals surface area contributed by atoms with Crippen LogP contribution in [0.4, 0.5) is 11.5 Å². The van der Waals surface area contributed by atoms with Crippen molar-refractivity contribution in [3.63, 3.8) is 0 Å². The Morgan fingerprint density at radius 1 is 1.16 bits per heavy atom. The fourth-order valence-electron chi connectivity index (χ4n) is 3.97. The van der Waals surface area contributed by atoms with E-state index in [1.54, 1.807) is 18.9 Å². The summed E-state index contributed by atoms with van der Waals surface area (Å²) in [7, 11) is 3.16. The molecule has 0 saturated carbocycles. The predicted molar refractivity (Wildman–Crippen MR) is 122 cm³/mol. The van der Waals surface area contributed by atoms with Gasteiger partial charge in [0.15, 0.2) is 11.5 Å². The molecule has 0 fully saturated rings. The van der Waals surface area contributed by atoms with Crippen molar-refractivity contribution in [3.05, 3.63) is 53.7 Å². The molecule has 2 heterocycles. The van der Waals surface area contributed by atoms with E-state index in [1.807, 2.05) is 56.3 Å². The second kappa shape index (κ2) is 8.74. The maximum absolute atomic E-state index is 12.7. The van der Waals surface area contributed by atoms with E-state index in [1.165, 1.54) is 0 Å². The Morgan fingerprint density at radius 2 is 1.94 bits per heavy atom. The van der Waals surface area contributed by atoms with E-state index < -0.39 is 6.04 Å². The molecule has 4 rings (SSSR count). The molecular weight excluding hydrogens is 408 g/mol. The molecule has 0 saturated heterocycles. The first kappa shape index (κ1) is 21.4. The van der Waals surface area contributed by atoms with Crippen LogP contribution in [0.2, 0.25) is 0 Å². The number of nitrogens with one attached hydrogen (secondary N) is 2. The van der Waals surface area contributed by atoms with Crippen molar-refractivity contribution < 1.29 is 19.1 Å². The van der Waals surface area contributed by atoms with E-state index in [9.17, 15) is 9.59 Å². The number of rotatable bonds is 7. The number of anilines is 2. The van der Waals surface area contributed by atoms with Gasteiger partial charge in [-0.15, -0.1) is 0 Å². The third kappa shape index (κ3) is 3.91. The Kier molecular flexibility index (Phi) is 5.85. The van der Waals surface area contributed by atoms with Gasteiger partial charge in [-0.1, -0.05) is 25.1 Å². The molecule has 2 amide bonds. The minimum Gasteiger partial charge on any atom is -0.493 e. The molecule has 2 N–H and O–H groups in total. The number of methoxy groups -OCH3 is 2. The molecule has 0 spiro atoms. The van der Waals surface area contributed by atoms with Crippen molar-refractivity contribution in [2.24, 2.45) is 0 Å². The standard InChI is InChI=1S/C24H26N4O4/c1-5-17-22(15-9-10-19(31-3)20(12-15)32-4)23-26-24(30)18(28(23)27-17)13-21(29)25-16-8-6-7-14(2)11-16/h6-12,18H,5,13H2,1-4H3,(H,25,29)(H,26,30). The van der Waals surface area contributed by atoms with Gasteiger partial charge in [-0.05, 0) is 48.7 Å². The first-order chi connectivity index (χ1) is 15.4. The number of hydrogen-bond donors (Lipinski definition) is 2. The summed E-state index contributed by atoms with van der Waals surface area (Å²) in [4.78, 5) is 25.4. The first-order valence-corrected chi connectivity index (χ1v) is 10.5. The van der Waals surface area contributed by atoms with E-state index in [4.69, 9.17) is 9.47 Å². The molecule has 1 aromatic heterocycles. The van der Waals surface area contributed by atoms with Gasteiger partial charge in [0.2, 0.25) is 5.91 Å². The van der Waals surface area contributed by atoms with Crippen LogP contribution in [0.15, 0.2) is 42.5 Å². The van der Waals surface area contributed by atoms with Crippen LogP contribution in [0.1, 0.15) is 30.6 Å². The van der Waals surface area contributed by atoms with Crippen LogP contribution in [0.5, 0.6) is 11.5 Å². The topological polar surface area (TPSA) is 94.5 Å². The Hall–Kier alpha value is -3.81. The lowest BCUT2D eigenvalue weighted by Gasteiger charge is -2.10. The summed E-state index contributed by atoms with van der Waals surface area (Å²) in [5.74, 6) is 1.30. The number of carbonyl (C=O) groups is 2. The fourth-order valence-corrected chi connectivity index (χ4v) is 3.97. The van der Waals surface area contributed by atoms with Crippen LogP contribution in [-0.4, -0.2) is 35.8 Å². The molecule has 2 aromatic carbocycles. The second-order valence-electron chi connectivity index (χ2n) is 7.67. The number of hydrogen-bond acceptors (Lipinski definition) is 5. The highest BCUT2D eigenvalue weighted by atomic mass is 16.5. The van der Waals surface area contributed by atoms with E-state index in [0.717, 1.165) is 22.4 Å². The number of ether oxygens (including phenoxy) is 2. The molecular formula is C24H26N4O4. The highest BCUT2D eigenvalue weighted by molar-refractivity contribution is 6.04. The maximum atomic E-state index is 12.7. The Labute approximate surface area is 186 Å². The summed E-state index contributed by atoms with van der Waals surface area (Å²) in [6.07, 6.45) is 0.657. The van der Waals surface area contributed by atoms with Crippen LogP contribution in [0, 0.1) is 6.92 Å². The average molecular weight is 434 g/mol. The lowest BCUT2D eigenvalue weighted by Crippen LogP contribution is -2.24. The molecule has 0 bridgehead atoms. The van der Waals surface area contributed by atoms with Crippen LogP contribution in [0.25, 0.3) is 11.1 Å². The van der Waals surface area contributed by atoms with Gasteiger partial charge < -0.3 is 20.1 Å². The van der Waals surface area contributed by atoms with E-state index >= 15 is 0 Å². The Balaban J connectivity index is 1.64. The summed E-state index contributed by atoms with van der Waals surface area (Å²) in [5, 5.41) is 10.5. The van der Waals surface area contributed by atoms with Crippen molar-refractivity contribution in [2.75, 3.05) is 24.9 Å². The molecule has 166 valence electrons. The average Bonchev–Trinajstić information content (AvgIpc) is 3.28. The number of amides is 2. The zero-order valence-electron chi connectivity index (χ0n) is 18.6. The minimum atomic E-state index is -0.714. The SMILES string of the molecule is CCc1nn2c(c1-c1ccc(OC)c(OC)c1)NC(=O)C2CC(=O)Nc1cccc(C)c1. The van der Waals surface area contributed by atoms with Gasteiger partial charge in [0, 0.05) is 11.3 Å². The molecule has 1 unspecified atom stereocenters. The zero-order chi connectivity index (χ0) is 22.8. The fraction of sp³-hybridized carbons (Fsp3) is 0.292. The monoisotopic (exact) mass is 434 g/mol. The molecule has 32 heavy (non-hydrogen) atoms. The molecule has 8 heteroatoms. The molecule has 1 aliphatic heterocycles. The molecule has 0 radical (unpaired) electrons. The van der Waals surface area contributed by atoms with Crippen LogP contribution in [0.3, 0.4) is 0 Å². The maximum Gasteiger partial charge on any atom is 0.251 e. The van der Waals surface area contributed by atoms with Crippen LogP contribution in [-0.2, 0) is 16.0 Å². The van der Waals surface area contributed by atoms with Crippen LogP contribution < -0.4 is 20.1 Å². The summed E-state index contributed by atoms with van der Waals surface area (Å²) >= 11 is 0. The second-order valence-corrected chi connectivity index (χ2v) is 7.67. The van der Waals surface area contributed by atoms with Crippen molar-refractivity contribution in [2.45, 2.75) is 32.7 Å². The third-order valence-corrected chi connectivity index (χ3v) is 5.51. The molecule has 3 aromatic rings. The summed E-state index contributed by atoms with van der Waals surface area (Å²) in [6, 6.07) is 12.4. The van der Waals surface area contributed by atoms with Crippen LogP contribution >= 0.6 is 0 Å². The van der Waals surface area contributed by atoms with E-state index in [0.29, 0.717) is 29.4 Å². The summed E-state index contributed by atoms with van der Waals surface area (Å²) in [6.45, 7) is 3.96. The number of carbonyl (C=O) groups excluding carboxylic acids is 2. The largest absolute Gasteiger partial charge is 0.493 e. The number of nitrogens with zero attached hydrogens (tertiary/aromatic N) is 2. The number of benzene rings is 2. The summed E-state index contributed by atoms with van der Waals surface area (Å²) in [5.41, 5.74) is 4.25. The highest BCUT2D eigenvalue weighted by Gasteiger charge is 2.37. The van der Waals surface area contributed by atoms with Crippen molar-refractivity contribution >= 4 is 23.3 Å². The third-order valence-electron chi connectivity index (χ3n) is 5.51. The van der Waals surface area contributed by atoms with Gasteiger partial charge in [0.1, 0.15) is 11.9 Å². The first-order valence-electron chi connectivity index (χ1n) is 10.5. The lowest BCUT2D eigenvalue weighted by molar-refractivity contribution is -0.123. The van der Waals surface area contributed by atoms with Gasteiger partial charge in [-0.2, -0.15) is 5.10 Å². The van der Waals surface area contributed by atoms with Gasteiger partial charge in [-0.3, -0.25) is 9.59 Å². The van der Waals surface area contributed by atoms with Gasteiger partial charge in [0.25, 0.3) is 5.91 Å². The number of aromatic nitrogens is 2. The molecule has 1 atom stereocenters. The van der Waals surface area contributed by atoms with Crippen molar-refractivity contribution in [1.82, 2.24) is 9.78 Å². The highest BCUT2D eigenvalue weighted by Crippen LogP contribution is 2.41. The van der Waals surface area contributed by atoms with Crippen molar-refractivity contribution in [1.29, 1.82) is 0 Å². The number of fused-ring (bicyclic) bond motifs is 1. The van der Waals surface area contributed by atoms with E-state index in [-0.39, 0.29) is 18.2 Å². The molecule has 0 aliphatic carbocycles. The van der Waals surface area contributed by atoms with Gasteiger partial charge >= 0.3 is 0 Å². The molecule has 8 nitrogen and oxygen atoms in total. The normalized spacial score (nSPS) is 14.6. The van der Waals surface area contributed by atoms with E-state index in [2.05, 4.69) is 15.7 Å². The van der Waals surface area contributed by atoms with Gasteiger partial charge in [0.05, 0.1) is 26.3 Å². The quantitative estimate of drug-likeness (QED) is 0.587. The predicted octanol–water partition coefficient (Wildman–Crippen LogP) is 3.96. The summed E-state index contributed by atoms with van der Waals surface area (Å²) < 4.78 is 12.4. The minimum absolute atomic E-state index is 0.0109. The Bertz CT molecular complexity index is 1180. The smallest absolute Gasteiger partial charge is 0.251 e. The Morgan fingerprint density at radius 3 is 2.62 bits per heavy atom. The van der Waals surface area contributed by atoms with Gasteiger partial charge in [-0.25, -0.2) is 4.68 Å². The van der Waals surface area contributed by atoms with Crippen molar-refractivity contribution in [3.8, 4) is 22.6 Å². The zero-order valence-corrected chi connectivity index (χ0v) is 18.6.